The van der Waals surface area contributed by atoms with Crippen LogP contribution in [0, 0.1) is 0 Å². The highest BCUT2D eigenvalue weighted by molar-refractivity contribution is 7.89. The van der Waals surface area contributed by atoms with E-state index in [0.717, 1.165) is 19.5 Å². The van der Waals surface area contributed by atoms with Gasteiger partial charge in [0.2, 0.25) is 10.0 Å². The summed E-state index contributed by atoms with van der Waals surface area (Å²) in [7, 11) is -1.74. The van der Waals surface area contributed by atoms with Gasteiger partial charge in [-0.25, -0.2) is 8.42 Å². The maximum absolute atomic E-state index is 13.1. The molecule has 4 rings (SSSR count). The van der Waals surface area contributed by atoms with Crippen molar-refractivity contribution in [1.82, 2.24) is 14.1 Å². The number of Topliss-reactive ketones (excluding diaryl/α,β-unsaturated/α-hetero) is 1. The maximum atomic E-state index is 13.1. The molecule has 0 radical (unpaired) electrons. The Kier molecular flexibility index (Phi) is 8.56. The summed E-state index contributed by atoms with van der Waals surface area (Å²) >= 11 is 0. The molecule has 1 saturated heterocycles. The van der Waals surface area contributed by atoms with Gasteiger partial charge >= 0.3 is 0 Å². The van der Waals surface area contributed by atoms with Gasteiger partial charge in [-0.05, 0) is 43.1 Å². The lowest BCUT2D eigenvalue weighted by molar-refractivity contribution is -0.121. The summed E-state index contributed by atoms with van der Waals surface area (Å²) < 4.78 is 33.4. The summed E-state index contributed by atoms with van der Waals surface area (Å²) in [6.07, 6.45) is 0.890. The van der Waals surface area contributed by atoms with E-state index in [2.05, 4.69) is 28.0 Å². The number of fused-ring (bicyclic) bond motifs is 1. The minimum absolute atomic E-state index is 0.0859. The number of benzene rings is 2. The number of ether oxygens (including phenoxy) is 1. The summed E-state index contributed by atoms with van der Waals surface area (Å²) in [6.45, 7) is 4.19. The number of piperazine rings is 1. The highest BCUT2D eigenvalue weighted by Gasteiger charge is 2.30. The van der Waals surface area contributed by atoms with Gasteiger partial charge in [0, 0.05) is 52.2 Å². The molecule has 0 aliphatic carbocycles. The quantitative estimate of drug-likeness (QED) is 0.531. The molecule has 2 heterocycles. The molecule has 0 saturated carbocycles. The van der Waals surface area contributed by atoms with Crippen LogP contribution in [-0.2, 0) is 27.8 Å². The van der Waals surface area contributed by atoms with Gasteiger partial charge in [0.05, 0.1) is 6.10 Å². The zero-order valence-corrected chi connectivity index (χ0v) is 21.1. The number of aliphatic hydroxyl groups excluding tert-OH is 1. The molecule has 2 aromatic carbocycles. The first-order chi connectivity index (χ1) is 16.8. The monoisotopic (exact) mass is 501 g/mol. The van der Waals surface area contributed by atoms with Gasteiger partial charge in [-0.2, -0.15) is 4.31 Å². The lowest BCUT2D eigenvalue weighted by atomic mass is 9.99. The molecule has 8 nitrogen and oxygen atoms in total. The number of sulfonamides is 1. The fraction of sp³-hybridized carbons (Fsp3) is 0.500. The smallest absolute Gasteiger partial charge is 0.246 e. The first-order valence-corrected chi connectivity index (χ1v) is 13.7. The molecule has 190 valence electrons. The average molecular weight is 502 g/mol. The summed E-state index contributed by atoms with van der Waals surface area (Å²) in [5.74, 6) is 0.0205. The van der Waals surface area contributed by atoms with Crippen LogP contribution in [0.3, 0.4) is 0 Å². The molecule has 1 unspecified atom stereocenters. The Labute approximate surface area is 208 Å². The van der Waals surface area contributed by atoms with Crippen LogP contribution in [0.15, 0.2) is 53.4 Å². The molecule has 1 N–H and O–H groups in total. The first kappa shape index (κ1) is 25.8. The third-order valence-electron chi connectivity index (χ3n) is 6.75. The average Bonchev–Trinajstić information content (AvgIpc) is 2.86. The van der Waals surface area contributed by atoms with E-state index in [1.165, 1.54) is 21.5 Å². The van der Waals surface area contributed by atoms with Crippen molar-refractivity contribution in [2.45, 2.75) is 36.8 Å². The molecule has 0 spiro atoms. The Balaban J connectivity index is 1.25. The molecular formula is C26H35N3O5S. The van der Waals surface area contributed by atoms with Crippen molar-refractivity contribution in [2.24, 2.45) is 0 Å². The van der Waals surface area contributed by atoms with Gasteiger partial charge in [-0.15, -0.1) is 0 Å². The predicted octanol–water partition coefficient (Wildman–Crippen LogP) is 1.77. The number of hydrogen-bond donors (Lipinski definition) is 1. The number of β-amino-alcohol motifs (C(OH)–C–C–N with tert-alkyl or cyclic N) is 1. The van der Waals surface area contributed by atoms with Crippen LogP contribution in [0.25, 0.3) is 0 Å². The Bertz CT molecular complexity index is 1120. The van der Waals surface area contributed by atoms with Gasteiger partial charge in [-0.3, -0.25) is 9.69 Å². The standard InChI is InChI=1S/C26H35N3O5S/c1-27-14-16-29(17-15-27)35(32,33)26-9-5-4-8-25(26)34-20-24(31)11-10-23(30)19-28-13-12-21-6-2-3-7-22(21)18-28/h2-9,23,30H,10-20H2,1H3. The van der Waals surface area contributed by atoms with E-state index in [1.54, 1.807) is 18.2 Å². The number of likely N-dealkylation sites (N-methyl/N-ethyl adjacent to an activating group) is 1. The largest absolute Gasteiger partial charge is 0.484 e. The van der Waals surface area contributed by atoms with Crippen LogP contribution in [0.4, 0.5) is 0 Å². The second kappa shape index (κ2) is 11.6. The van der Waals surface area contributed by atoms with Crippen LogP contribution in [0.2, 0.25) is 0 Å². The summed E-state index contributed by atoms with van der Waals surface area (Å²) in [6, 6.07) is 14.8. The molecule has 35 heavy (non-hydrogen) atoms. The van der Waals surface area contributed by atoms with Crippen molar-refractivity contribution in [3.63, 3.8) is 0 Å². The highest BCUT2D eigenvalue weighted by Crippen LogP contribution is 2.27. The van der Waals surface area contributed by atoms with Crippen LogP contribution in [0.1, 0.15) is 24.0 Å². The zero-order valence-electron chi connectivity index (χ0n) is 20.3. The molecule has 2 aliphatic heterocycles. The third kappa shape index (κ3) is 6.68. The van der Waals surface area contributed by atoms with E-state index < -0.39 is 16.1 Å². The fourth-order valence-electron chi connectivity index (χ4n) is 4.61. The van der Waals surface area contributed by atoms with E-state index in [-0.39, 0.29) is 29.5 Å². The minimum Gasteiger partial charge on any atom is -0.484 e. The van der Waals surface area contributed by atoms with Crippen LogP contribution < -0.4 is 4.74 Å². The molecule has 1 atom stereocenters. The third-order valence-corrected chi connectivity index (χ3v) is 8.69. The lowest BCUT2D eigenvalue weighted by Crippen LogP contribution is -2.47. The molecule has 0 bridgehead atoms. The summed E-state index contributed by atoms with van der Waals surface area (Å²) in [5.41, 5.74) is 2.65. The number of ketones is 1. The molecular weight excluding hydrogens is 466 g/mol. The number of aliphatic hydroxyl groups is 1. The normalized spacial score (nSPS) is 18.7. The van der Waals surface area contributed by atoms with E-state index in [4.69, 9.17) is 4.74 Å². The van der Waals surface area contributed by atoms with Crippen molar-refractivity contribution < 1.29 is 23.1 Å². The number of carbonyl (C=O) groups excluding carboxylic acids is 1. The Morgan fingerprint density at radius 2 is 1.69 bits per heavy atom. The Morgan fingerprint density at radius 1 is 1.00 bits per heavy atom. The van der Waals surface area contributed by atoms with E-state index in [0.29, 0.717) is 39.1 Å². The van der Waals surface area contributed by atoms with Gasteiger partial charge in [-0.1, -0.05) is 36.4 Å². The molecule has 1 fully saturated rings. The van der Waals surface area contributed by atoms with Crippen molar-refractivity contribution in [1.29, 1.82) is 0 Å². The molecule has 2 aliphatic rings. The topological polar surface area (TPSA) is 90.4 Å². The zero-order chi connectivity index (χ0) is 24.8. The van der Waals surface area contributed by atoms with Crippen molar-refractivity contribution in [2.75, 3.05) is 52.9 Å². The Morgan fingerprint density at radius 3 is 2.46 bits per heavy atom. The van der Waals surface area contributed by atoms with E-state index in [9.17, 15) is 18.3 Å². The highest BCUT2D eigenvalue weighted by atomic mass is 32.2. The second-order valence-corrected chi connectivity index (χ2v) is 11.3. The van der Waals surface area contributed by atoms with Gasteiger partial charge in [0.25, 0.3) is 0 Å². The van der Waals surface area contributed by atoms with Crippen LogP contribution in [-0.4, -0.2) is 92.4 Å². The minimum atomic E-state index is -3.70. The SMILES string of the molecule is CN1CCN(S(=O)(=O)c2ccccc2OCC(=O)CCC(O)CN2CCc3ccccc3C2)CC1. The van der Waals surface area contributed by atoms with Crippen LogP contribution in [0.5, 0.6) is 5.75 Å². The van der Waals surface area contributed by atoms with E-state index in [1.807, 2.05) is 13.1 Å². The summed E-state index contributed by atoms with van der Waals surface area (Å²) in [4.78, 5) is 16.9. The Hall–Kier alpha value is -2.30. The number of carbonyl (C=O) groups is 1. The molecule has 0 aromatic heterocycles. The van der Waals surface area contributed by atoms with Gasteiger partial charge in [0.1, 0.15) is 17.3 Å². The fourth-order valence-corrected chi connectivity index (χ4v) is 6.16. The second-order valence-electron chi connectivity index (χ2n) is 9.43. The predicted molar refractivity (Wildman–Crippen MR) is 134 cm³/mol. The molecule has 0 amide bonds. The van der Waals surface area contributed by atoms with Crippen LogP contribution >= 0.6 is 0 Å². The van der Waals surface area contributed by atoms with Crippen molar-refractivity contribution >= 4 is 15.8 Å². The number of rotatable bonds is 10. The molecule has 9 heteroatoms. The first-order valence-electron chi connectivity index (χ1n) is 12.2. The van der Waals surface area contributed by atoms with E-state index >= 15 is 0 Å². The summed E-state index contributed by atoms with van der Waals surface area (Å²) in [5, 5.41) is 10.5. The molecule has 2 aromatic rings. The lowest BCUT2D eigenvalue weighted by Gasteiger charge is -2.31. The van der Waals surface area contributed by atoms with Crippen molar-refractivity contribution in [3.8, 4) is 5.75 Å². The number of para-hydroxylation sites is 1. The number of hydrogen-bond acceptors (Lipinski definition) is 7. The van der Waals surface area contributed by atoms with Crippen molar-refractivity contribution in [3.05, 3.63) is 59.7 Å². The maximum Gasteiger partial charge on any atom is 0.246 e. The number of nitrogens with zero attached hydrogens (tertiary/aromatic N) is 3. The van der Waals surface area contributed by atoms with Gasteiger partial charge in [0.15, 0.2) is 5.78 Å². The van der Waals surface area contributed by atoms with Gasteiger partial charge < -0.3 is 14.7 Å².